The number of carbonyl (C=O) groups is 2. The van der Waals surface area contributed by atoms with Crippen LogP contribution in [0.25, 0.3) is 0 Å². The van der Waals surface area contributed by atoms with Crippen molar-refractivity contribution in [3.63, 3.8) is 0 Å². The fourth-order valence-electron chi connectivity index (χ4n) is 4.55. The average molecular weight is 810 g/mol. The number of hydrogen-bond acceptors (Lipinski definition) is 7. The quantitative estimate of drug-likeness (QED) is 0.0247. The normalized spacial score (nSPS) is 14.7. The number of amides is 1. The molecule has 0 saturated heterocycles. The minimum Gasteiger partial charge on any atom is -0.463 e. The van der Waals surface area contributed by atoms with Crippen LogP contribution in [0.5, 0.6) is 0 Å². The fourth-order valence-corrected chi connectivity index (χ4v) is 5.31. The molecular formula is C47H72NO8P. The molecule has 9 nitrogen and oxygen atoms in total. The number of unbranched alkanes of at least 4 members (excludes halogenated alkanes) is 1. The summed E-state index contributed by atoms with van der Waals surface area (Å²) < 4.78 is 26.8. The number of ether oxygens (including phenoxy) is 1. The first-order valence-corrected chi connectivity index (χ1v) is 22.2. The van der Waals surface area contributed by atoms with Gasteiger partial charge in [-0.25, -0.2) is 4.57 Å². The van der Waals surface area contributed by atoms with Gasteiger partial charge in [0, 0.05) is 19.4 Å². The van der Waals surface area contributed by atoms with Gasteiger partial charge in [0.05, 0.1) is 13.2 Å². The first-order valence-electron chi connectivity index (χ1n) is 20.7. The van der Waals surface area contributed by atoms with Gasteiger partial charge in [0.1, 0.15) is 12.7 Å². The highest BCUT2D eigenvalue weighted by Gasteiger charge is 2.23. The second-order valence-corrected chi connectivity index (χ2v) is 14.3. The lowest BCUT2D eigenvalue weighted by Gasteiger charge is -2.15. The predicted molar refractivity (Wildman–Crippen MR) is 237 cm³/mol. The van der Waals surface area contributed by atoms with Crippen molar-refractivity contribution in [3.05, 3.63) is 134 Å². The molecule has 1 amide bonds. The number of phosphoric acid groups is 1. The van der Waals surface area contributed by atoms with Crippen LogP contribution in [-0.4, -0.2) is 54.3 Å². The third-order valence-electron chi connectivity index (χ3n) is 7.59. The van der Waals surface area contributed by atoms with Crippen molar-refractivity contribution >= 4 is 19.7 Å². The first kappa shape index (κ1) is 53.1. The predicted octanol–water partition coefficient (Wildman–Crippen LogP) is 11.5. The summed E-state index contributed by atoms with van der Waals surface area (Å²) in [5, 5.41) is 12.6. The first-order chi connectivity index (χ1) is 27.8. The maximum Gasteiger partial charge on any atom is 0.472 e. The SMILES string of the molecule is CC/C=C\C/C=C\C/C=C\C/C=C\C/C=C\C/C=C\CCC(=O)NCCOP(=O)(O)OCC(O)COC(=O)CCC/C=C\C/C=C\C/C=C\C/C=C\C/C=C\CC. The van der Waals surface area contributed by atoms with E-state index in [-0.39, 0.29) is 38.5 Å². The Morgan fingerprint density at radius 2 is 0.930 bits per heavy atom. The summed E-state index contributed by atoms with van der Waals surface area (Å²) in [6.07, 6.45) is 58.3. The number of aliphatic hydroxyl groups is 1. The van der Waals surface area contributed by atoms with Crippen molar-refractivity contribution in [1.29, 1.82) is 0 Å². The zero-order valence-electron chi connectivity index (χ0n) is 34.7. The van der Waals surface area contributed by atoms with E-state index in [1.807, 2.05) is 18.2 Å². The molecule has 0 aliphatic heterocycles. The van der Waals surface area contributed by atoms with Crippen molar-refractivity contribution < 1.29 is 37.9 Å². The second-order valence-electron chi connectivity index (χ2n) is 12.8. The Labute approximate surface area is 344 Å². The summed E-state index contributed by atoms with van der Waals surface area (Å²) in [7, 11) is -4.46. The molecule has 0 rings (SSSR count). The van der Waals surface area contributed by atoms with E-state index in [0.717, 1.165) is 77.0 Å². The van der Waals surface area contributed by atoms with Gasteiger partial charge in [0.15, 0.2) is 0 Å². The summed E-state index contributed by atoms with van der Waals surface area (Å²) in [5.74, 6) is -0.677. The van der Waals surface area contributed by atoms with E-state index < -0.39 is 26.5 Å². The molecule has 0 bridgehead atoms. The molecule has 0 spiro atoms. The molecule has 0 aromatic rings. The minimum absolute atomic E-state index is 0.0241. The van der Waals surface area contributed by atoms with Crippen molar-refractivity contribution in [2.24, 2.45) is 0 Å². The summed E-state index contributed by atoms with van der Waals surface area (Å²) in [5.41, 5.74) is 0. The van der Waals surface area contributed by atoms with E-state index in [1.165, 1.54) is 0 Å². The molecule has 0 aliphatic carbocycles. The van der Waals surface area contributed by atoms with E-state index >= 15 is 0 Å². The molecule has 0 heterocycles. The van der Waals surface area contributed by atoms with E-state index in [9.17, 15) is 24.2 Å². The number of nitrogens with one attached hydrogen (secondary N) is 1. The number of phosphoric ester groups is 1. The Morgan fingerprint density at radius 1 is 0.544 bits per heavy atom. The largest absolute Gasteiger partial charge is 0.472 e. The summed E-state index contributed by atoms with van der Waals surface area (Å²) in [4.78, 5) is 33.8. The zero-order chi connectivity index (χ0) is 41.8. The third kappa shape index (κ3) is 43.1. The van der Waals surface area contributed by atoms with Gasteiger partial charge in [0.25, 0.3) is 0 Å². The monoisotopic (exact) mass is 809 g/mol. The van der Waals surface area contributed by atoms with Crippen molar-refractivity contribution in [2.45, 2.75) is 123 Å². The highest BCUT2D eigenvalue weighted by Crippen LogP contribution is 2.42. The molecule has 0 aromatic carbocycles. The molecule has 10 heteroatoms. The molecule has 57 heavy (non-hydrogen) atoms. The summed E-state index contributed by atoms with van der Waals surface area (Å²) >= 11 is 0. The molecule has 2 atom stereocenters. The lowest BCUT2D eigenvalue weighted by atomic mass is 10.2. The highest BCUT2D eigenvalue weighted by molar-refractivity contribution is 7.47. The van der Waals surface area contributed by atoms with E-state index in [4.69, 9.17) is 13.8 Å². The van der Waals surface area contributed by atoms with Crippen LogP contribution in [0.2, 0.25) is 0 Å². The Bertz CT molecular complexity index is 1380. The third-order valence-corrected chi connectivity index (χ3v) is 8.57. The molecule has 0 saturated carbocycles. The number of hydrogen-bond donors (Lipinski definition) is 3. The van der Waals surface area contributed by atoms with Crippen LogP contribution in [0.3, 0.4) is 0 Å². The van der Waals surface area contributed by atoms with Crippen molar-refractivity contribution in [1.82, 2.24) is 5.32 Å². The van der Waals surface area contributed by atoms with Gasteiger partial charge in [0.2, 0.25) is 5.91 Å². The summed E-state index contributed by atoms with van der Waals surface area (Å²) in [6.45, 7) is 3.12. The van der Waals surface area contributed by atoms with Crippen LogP contribution in [0.1, 0.15) is 117 Å². The van der Waals surface area contributed by atoms with Crippen LogP contribution in [0.15, 0.2) is 134 Å². The Balaban J connectivity index is 3.83. The van der Waals surface area contributed by atoms with Crippen LogP contribution in [0.4, 0.5) is 0 Å². The Morgan fingerprint density at radius 3 is 1.35 bits per heavy atom. The molecule has 0 aliphatic rings. The Kier molecular flexibility index (Phi) is 39.0. The molecule has 318 valence electrons. The second kappa shape index (κ2) is 41.8. The zero-order valence-corrected chi connectivity index (χ0v) is 35.6. The summed E-state index contributed by atoms with van der Waals surface area (Å²) in [6, 6.07) is 0. The highest BCUT2D eigenvalue weighted by atomic mass is 31.2. The van der Waals surface area contributed by atoms with Crippen LogP contribution in [-0.2, 0) is 27.9 Å². The number of carbonyl (C=O) groups excluding carboxylic acids is 2. The fraction of sp³-hybridized carbons (Fsp3) is 0.489. The van der Waals surface area contributed by atoms with Gasteiger partial charge >= 0.3 is 13.8 Å². The van der Waals surface area contributed by atoms with Crippen LogP contribution >= 0.6 is 7.82 Å². The maximum absolute atomic E-state index is 12.1. The topological polar surface area (TPSA) is 131 Å². The van der Waals surface area contributed by atoms with E-state index in [2.05, 4.69) is 135 Å². The van der Waals surface area contributed by atoms with Gasteiger partial charge in [-0.15, -0.1) is 0 Å². The Hall–Kier alpha value is -3.85. The lowest BCUT2D eigenvalue weighted by Crippen LogP contribution is -2.27. The molecule has 3 N–H and O–H groups in total. The van der Waals surface area contributed by atoms with Gasteiger partial charge < -0.3 is 20.1 Å². The van der Waals surface area contributed by atoms with Crippen LogP contribution < -0.4 is 5.32 Å². The molecular weight excluding hydrogens is 737 g/mol. The molecule has 0 aromatic heterocycles. The van der Waals surface area contributed by atoms with Crippen LogP contribution in [0, 0.1) is 0 Å². The van der Waals surface area contributed by atoms with Crippen molar-refractivity contribution in [2.75, 3.05) is 26.4 Å². The van der Waals surface area contributed by atoms with E-state index in [0.29, 0.717) is 12.8 Å². The van der Waals surface area contributed by atoms with Crippen molar-refractivity contribution in [3.8, 4) is 0 Å². The van der Waals surface area contributed by atoms with Gasteiger partial charge in [-0.2, -0.15) is 0 Å². The number of aliphatic hydroxyl groups excluding tert-OH is 1. The minimum atomic E-state index is -4.46. The lowest BCUT2D eigenvalue weighted by molar-refractivity contribution is -0.147. The van der Waals surface area contributed by atoms with Gasteiger partial charge in [-0.05, 0) is 89.9 Å². The number of allylic oxidation sites excluding steroid dienone is 22. The maximum atomic E-state index is 12.1. The average Bonchev–Trinajstić information content (AvgIpc) is 3.20. The standard InChI is InChI=1S/C47H72NO8P/c1-3-5-7-9-11-13-15-17-19-21-22-24-25-27-29-31-33-35-37-39-46(50)48-41-42-55-57(52,53)56-44-45(49)43-54-47(51)40-38-36-34-32-30-28-26-23-20-18-16-14-12-10-8-6-4-2/h5-8,11-14,17-20,22,24,26-29,32-35,45,49H,3-4,9-10,15-16,21,23,25,30-31,36-44H2,1-2H3,(H,48,50)(H,52,53)/b7-5-,8-6-,13-11-,14-12-,19-17-,20-18-,24-22-,28-26-,29-27-,34-32-,35-33-. The van der Waals surface area contributed by atoms with Gasteiger partial charge in [-0.3, -0.25) is 18.6 Å². The van der Waals surface area contributed by atoms with Gasteiger partial charge in [-0.1, -0.05) is 148 Å². The smallest absolute Gasteiger partial charge is 0.463 e. The number of esters is 1. The van der Waals surface area contributed by atoms with E-state index in [1.54, 1.807) is 0 Å². The molecule has 0 radical (unpaired) electrons. The molecule has 0 fully saturated rings. The number of rotatable bonds is 36. The molecule has 2 unspecified atom stereocenters.